The average molecular weight is 440 g/mol. The zero-order chi connectivity index (χ0) is 21.6. The lowest BCUT2D eigenvalue weighted by Gasteiger charge is -2.36. The van der Waals surface area contributed by atoms with Crippen LogP contribution in [0.25, 0.3) is 0 Å². The molecule has 0 saturated carbocycles. The number of carbonyl (C=O) groups excluding carboxylic acids is 1. The van der Waals surface area contributed by atoms with E-state index in [0.29, 0.717) is 45.9 Å². The van der Waals surface area contributed by atoms with Gasteiger partial charge < -0.3 is 14.5 Å². The fraction of sp³-hybridized carbons (Fsp3) is 0.700. The number of rotatable bonds is 8. The highest BCUT2D eigenvalue weighted by Crippen LogP contribution is 2.17. The molecule has 0 aliphatic carbocycles. The first-order chi connectivity index (χ1) is 14.4. The van der Waals surface area contributed by atoms with Gasteiger partial charge in [-0.1, -0.05) is 13.3 Å². The first-order valence-corrected chi connectivity index (χ1v) is 12.2. The Balaban J connectivity index is 1.51. The molecule has 30 heavy (non-hydrogen) atoms. The predicted molar refractivity (Wildman–Crippen MR) is 115 cm³/mol. The van der Waals surface area contributed by atoms with Gasteiger partial charge in [0, 0.05) is 51.5 Å². The van der Waals surface area contributed by atoms with Crippen molar-refractivity contribution >= 4 is 21.7 Å². The van der Waals surface area contributed by atoms with Crippen LogP contribution in [0.5, 0.6) is 0 Å². The molecule has 1 N–H and O–H groups in total. The lowest BCUT2D eigenvalue weighted by atomic mass is 10.2. The van der Waals surface area contributed by atoms with Crippen molar-refractivity contribution in [2.75, 3.05) is 63.9 Å². The van der Waals surface area contributed by atoms with E-state index >= 15 is 0 Å². The molecule has 168 valence electrons. The smallest absolute Gasteiger partial charge is 0.242 e. The molecular formula is C20H33N5O4S. The van der Waals surface area contributed by atoms with Gasteiger partial charge in [0.25, 0.3) is 0 Å². The van der Waals surface area contributed by atoms with Crippen LogP contribution < -0.4 is 9.62 Å². The Morgan fingerprint density at radius 3 is 2.47 bits per heavy atom. The molecule has 2 aliphatic rings. The Morgan fingerprint density at radius 1 is 1.17 bits per heavy atom. The highest BCUT2D eigenvalue weighted by molar-refractivity contribution is 7.89. The number of pyridine rings is 1. The molecule has 1 aromatic heterocycles. The maximum atomic E-state index is 12.5. The SMILES string of the molecule is CCCC(C)NS(=O)(=O)c1ccc(N2CCN(C(=O)CN3CCOCC3)CC2)nc1. The van der Waals surface area contributed by atoms with Crippen molar-refractivity contribution in [3.63, 3.8) is 0 Å². The van der Waals surface area contributed by atoms with Gasteiger partial charge in [0.1, 0.15) is 10.7 Å². The quantitative estimate of drug-likeness (QED) is 0.631. The van der Waals surface area contributed by atoms with Crippen LogP contribution in [0.4, 0.5) is 5.82 Å². The Morgan fingerprint density at radius 2 is 1.87 bits per heavy atom. The minimum absolute atomic E-state index is 0.109. The molecule has 9 nitrogen and oxygen atoms in total. The van der Waals surface area contributed by atoms with Gasteiger partial charge in [-0.25, -0.2) is 18.1 Å². The van der Waals surface area contributed by atoms with Gasteiger partial charge in [-0.3, -0.25) is 9.69 Å². The van der Waals surface area contributed by atoms with Crippen molar-refractivity contribution in [2.45, 2.75) is 37.6 Å². The third-order valence-electron chi connectivity index (χ3n) is 5.53. The summed E-state index contributed by atoms with van der Waals surface area (Å²) in [6, 6.07) is 3.23. The van der Waals surface area contributed by atoms with E-state index in [9.17, 15) is 13.2 Å². The van der Waals surface area contributed by atoms with E-state index < -0.39 is 10.0 Å². The third-order valence-corrected chi connectivity index (χ3v) is 7.10. The van der Waals surface area contributed by atoms with Gasteiger partial charge in [-0.15, -0.1) is 0 Å². The number of carbonyl (C=O) groups is 1. The Kier molecular flexibility index (Phi) is 8.04. The van der Waals surface area contributed by atoms with Gasteiger partial charge >= 0.3 is 0 Å². The van der Waals surface area contributed by atoms with Crippen LogP contribution in [0, 0.1) is 0 Å². The Hall–Kier alpha value is -1.75. The second kappa shape index (κ2) is 10.5. The first-order valence-electron chi connectivity index (χ1n) is 10.7. The summed E-state index contributed by atoms with van der Waals surface area (Å²) in [5.41, 5.74) is 0. The summed E-state index contributed by atoms with van der Waals surface area (Å²) >= 11 is 0. The summed E-state index contributed by atoms with van der Waals surface area (Å²) in [7, 11) is -3.56. The van der Waals surface area contributed by atoms with E-state index in [0.717, 1.165) is 31.7 Å². The minimum Gasteiger partial charge on any atom is -0.379 e. The normalized spacial score (nSPS) is 19.7. The predicted octanol–water partition coefficient (Wildman–Crippen LogP) is 0.529. The number of aromatic nitrogens is 1. The van der Waals surface area contributed by atoms with Crippen LogP contribution in [-0.4, -0.2) is 94.2 Å². The highest BCUT2D eigenvalue weighted by Gasteiger charge is 2.24. The summed E-state index contributed by atoms with van der Waals surface area (Å²) in [6.45, 7) is 9.95. The fourth-order valence-corrected chi connectivity index (χ4v) is 5.00. The molecule has 3 rings (SSSR count). The molecule has 1 aromatic rings. The van der Waals surface area contributed by atoms with Crippen LogP contribution in [0.2, 0.25) is 0 Å². The maximum Gasteiger partial charge on any atom is 0.242 e. The van der Waals surface area contributed by atoms with E-state index in [-0.39, 0.29) is 16.8 Å². The number of morpholine rings is 1. The van der Waals surface area contributed by atoms with E-state index in [1.165, 1.54) is 6.20 Å². The van der Waals surface area contributed by atoms with Crippen molar-refractivity contribution in [1.82, 2.24) is 19.5 Å². The second-order valence-electron chi connectivity index (χ2n) is 7.92. The zero-order valence-corrected chi connectivity index (χ0v) is 18.7. The van der Waals surface area contributed by atoms with Crippen LogP contribution in [0.1, 0.15) is 26.7 Å². The number of hydrogen-bond donors (Lipinski definition) is 1. The summed E-state index contributed by atoms with van der Waals surface area (Å²) < 4.78 is 32.9. The standard InChI is InChI=1S/C20H33N5O4S/c1-3-4-17(2)22-30(27,28)18-5-6-19(21-15-18)24-7-9-25(10-8-24)20(26)16-23-11-13-29-14-12-23/h5-6,15,17,22H,3-4,7-14,16H2,1-2H3. The second-order valence-corrected chi connectivity index (χ2v) is 9.63. The number of amides is 1. The number of anilines is 1. The van der Waals surface area contributed by atoms with Gasteiger partial charge in [-0.2, -0.15) is 0 Å². The van der Waals surface area contributed by atoms with Crippen LogP contribution >= 0.6 is 0 Å². The first kappa shape index (κ1) is 22.9. The molecule has 10 heteroatoms. The number of ether oxygens (including phenoxy) is 1. The van der Waals surface area contributed by atoms with Gasteiger partial charge in [0.2, 0.25) is 15.9 Å². The zero-order valence-electron chi connectivity index (χ0n) is 17.9. The summed E-state index contributed by atoms with van der Waals surface area (Å²) in [5.74, 6) is 0.883. The molecule has 0 radical (unpaired) electrons. The molecule has 2 saturated heterocycles. The van der Waals surface area contributed by atoms with Gasteiger partial charge in [0.05, 0.1) is 19.8 Å². The number of sulfonamides is 1. The summed E-state index contributed by atoms with van der Waals surface area (Å²) in [4.78, 5) is 23.2. The monoisotopic (exact) mass is 439 g/mol. The molecule has 1 unspecified atom stereocenters. The topological polar surface area (TPSA) is 95.1 Å². The molecule has 3 heterocycles. The number of hydrogen-bond acceptors (Lipinski definition) is 7. The highest BCUT2D eigenvalue weighted by atomic mass is 32.2. The maximum absolute atomic E-state index is 12.5. The molecule has 2 aliphatic heterocycles. The summed E-state index contributed by atoms with van der Waals surface area (Å²) in [5, 5.41) is 0. The van der Waals surface area contributed by atoms with Crippen molar-refractivity contribution < 1.29 is 17.9 Å². The molecule has 0 spiro atoms. The van der Waals surface area contributed by atoms with Crippen molar-refractivity contribution in [3.8, 4) is 0 Å². The summed E-state index contributed by atoms with van der Waals surface area (Å²) in [6.07, 6.45) is 3.12. The molecule has 0 bridgehead atoms. The molecule has 0 aromatic carbocycles. The third kappa shape index (κ3) is 6.13. The van der Waals surface area contributed by atoms with Gasteiger partial charge in [0.15, 0.2) is 0 Å². The van der Waals surface area contributed by atoms with E-state index in [2.05, 4.69) is 19.5 Å². The average Bonchev–Trinajstić information content (AvgIpc) is 2.74. The van der Waals surface area contributed by atoms with E-state index in [1.54, 1.807) is 12.1 Å². The van der Waals surface area contributed by atoms with Crippen LogP contribution in [-0.2, 0) is 19.6 Å². The lowest BCUT2D eigenvalue weighted by Crippen LogP contribution is -2.52. The number of piperazine rings is 1. The Bertz CT molecular complexity index is 788. The van der Waals surface area contributed by atoms with Crippen LogP contribution in [0.15, 0.2) is 23.2 Å². The van der Waals surface area contributed by atoms with Crippen molar-refractivity contribution in [2.24, 2.45) is 0 Å². The van der Waals surface area contributed by atoms with E-state index in [1.807, 2.05) is 18.7 Å². The molecular weight excluding hydrogens is 406 g/mol. The molecule has 1 atom stereocenters. The number of nitrogens with zero attached hydrogens (tertiary/aromatic N) is 4. The van der Waals surface area contributed by atoms with Crippen molar-refractivity contribution in [3.05, 3.63) is 18.3 Å². The lowest BCUT2D eigenvalue weighted by molar-refractivity contribution is -0.133. The molecule has 1 amide bonds. The van der Waals surface area contributed by atoms with E-state index in [4.69, 9.17) is 4.74 Å². The van der Waals surface area contributed by atoms with Crippen molar-refractivity contribution in [1.29, 1.82) is 0 Å². The molecule has 2 fully saturated rings. The fourth-order valence-electron chi connectivity index (χ4n) is 3.78. The van der Waals surface area contributed by atoms with Gasteiger partial charge in [-0.05, 0) is 25.5 Å². The number of nitrogens with one attached hydrogen (secondary N) is 1. The Labute approximate surface area is 179 Å². The largest absolute Gasteiger partial charge is 0.379 e. The van der Waals surface area contributed by atoms with Crippen LogP contribution in [0.3, 0.4) is 0 Å². The minimum atomic E-state index is -3.56.